The van der Waals surface area contributed by atoms with Gasteiger partial charge in [0.25, 0.3) is 0 Å². The molecule has 0 aromatic heterocycles. The molecule has 2 aliphatic carbocycles. The molecule has 305 valence electrons. The van der Waals surface area contributed by atoms with Gasteiger partial charge in [0, 0.05) is 0 Å². The van der Waals surface area contributed by atoms with Gasteiger partial charge in [0.05, 0.1) is 0 Å². The first-order valence-corrected chi connectivity index (χ1v) is 38.3. The van der Waals surface area contributed by atoms with Crippen molar-refractivity contribution in [1.82, 2.24) is 0 Å². The number of hydrogen-bond acceptors (Lipinski definition) is 0. The van der Waals surface area contributed by atoms with Crippen LogP contribution in [0.25, 0.3) is 45.5 Å². The molecule has 0 saturated carbocycles. The molecule has 0 bridgehead atoms. The standard InChI is InChI=1S/2C22H25.C12H9Si.2ClH.Hf/c2*1-15(2)18-10-6-7-11-19(18)20-12-8-9-16-13-17(14-21(16)20)22(3,4)5;1-3-7-11-9(5-1)10-6-2-4-8-12(10)13-11;;;/h2*6-15H,1-5H3;1-7H,13H2;2*1H;/q;;;;;+2/p-2. The third kappa shape index (κ3) is 6.44. The number of fused-ring (bicyclic) bond motifs is 5. The molecule has 2 unspecified atom stereocenters. The molecule has 0 N–H and O–H groups in total. The van der Waals surface area contributed by atoms with Crippen molar-refractivity contribution in [2.75, 3.05) is 0 Å². The predicted molar refractivity (Wildman–Crippen MR) is 263 cm³/mol. The van der Waals surface area contributed by atoms with E-state index in [0.29, 0.717) is 11.8 Å². The Morgan fingerprint density at radius 1 is 0.467 bits per heavy atom. The van der Waals surface area contributed by atoms with Crippen molar-refractivity contribution in [3.63, 3.8) is 0 Å². The van der Waals surface area contributed by atoms with Crippen LogP contribution in [0.5, 0.6) is 0 Å². The van der Waals surface area contributed by atoms with Crippen molar-refractivity contribution >= 4 is 52.5 Å². The van der Waals surface area contributed by atoms with Crippen molar-refractivity contribution in [3.05, 3.63) is 172 Å². The van der Waals surface area contributed by atoms with Crippen LogP contribution in [-0.4, -0.2) is 9.52 Å². The van der Waals surface area contributed by atoms with Crippen LogP contribution in [0.2, 0.25) is 0 Å². The Balaban J connectivity index is 1.41. The fourth-order valence-corrected chi connectivity index (χ4v) is 50.9. The SMILES string of the molecule is CC(C)c1ccccc1-c1cccc2c1C=C(C(C)(C)C)[CH]2[Hf]([Cl])([Cl])([c]1cccc2c1[SiH2]c1ccccc1-2)[CH]1C(C(C)(C)C)=Cc2c(-c3ccccc3C(C)C)cccc21. The van der Waals surface area contributed by atoms with Gasteiger partial charge < -0.3 is 0 Å². The van der Waals surface area contributed by atoms with Crippen LogP contribution in [-0.2, 0) is 16.1 Å². The summed E-state index contributed by atoms with van der Waals surface area (Å²) in [6.07, 6.45) is 5.07. The molecule has 3 aliphatic rings. The van der Waals surface area contributed by atoms with Gasteiger partial charge in [0.1, 0.15) is 0 Å². The fourth-order valence-electron chi connectivity index (χ4n) is 11.3. The number of halogens is 2. The van der Waals surface area contributed by atoms with Crippen LogP contribution < -0.4 is 13.7 Å². The summed E-state index contributed by atoms with van der Waals surface area (Å²) in [6, 6.07) is 48.1. The minimum absolute atomic E-state index is 0.149. The Labute approximate surface area is 370 Å². The molecule has 0 radical (unpaired) electrons. The average Bonchev–Trinajstić information content (AvgIpc) is 3.94. The fraction of sp³-hybridized carbons (Fsp3) is 0.286. The zero-order chi connectivity index (χ0) is 42.5. The van der Waals surface area contributed by atoms with Crippen molar-refractivity contribution < 1.29 is 16.1 Å². The summed E-state index contributed by atoms with van der Waals surface area (Å²) in [6.45, 7) is 23.5. The van der Waals surface area contributed by atoms with Crippen LogP contribution in [0.15, 0.2) is 139 Å². The van der Waals surface area contributed by atoms with E-state index >= 15 is 0 Å². The first kappa shape index (κ1) is 41.8. The monoisotopic (exact) mass is 1010 g/mol. The van der Waals surface area contributed by atoms with E-state index in [-0.39, 0.29) is 18.2 Å². The number of hydrogen-bond donors (Lipinski definition) is 0. The Morgan fingerprint density at radius 3 is 1.33 bits per heavy atom. The van der Waals surface area contributed by atoms with E-state index in [0.717, 1.165) is 0 Å². The summed E-state index contributed by atoms with van der Waals surface area (Å²) in [5.41, 5.74) is 18.1. The second-order valence-electron chi connectivity index (χ2n) is 20.5. The van der Waals surface area contributed by atoms with Gasteiger partial charge in [-0.15, -0.1) is 0 Å². The molecule has 0 nitrogen and oxygen atoms in total. The molecule has 0 fully saturated rings. The Bertz CT molecular complexity index is 2630. The first-order chi connectivity index (χ1) is 28.4. The maximum atomic E-state index is 9.50. The van der Waals surface area contributed by atoms with Gasteiger partial charge in [-0.25, -0.2) is 0 Å². The predicted octanol–water partition coefficient (Wildman–Crippen LogP) is 14.4. The summed E-state index contributed by atoms with van der Waals surface area (Å²) >= 11 is -5.96. The van der Waals surface area contributed by atoms with Gasteiger partial charge in [-0.05, 0) is 0 Å². The molecule has 6 aromatic carbocycles. The van der Waals surface area contributed by atoms with Crippen molar-refractivity contribution in [2.45, 2.75) is 88.4 Å². The Morgan fingerprint density at radius 2 is 0.867 bits per heavy atom. The molecule has 0 saturated heterocycles. The van der Waals surface area contributed by atoms with E-state index in [1.54, 1.807) is 0 Å². The third-order valence-electron chi connectivity index (χ3n) is 14.0. The van der Waals surface area contributed by atoms with Gasteiger partial charge in [0.15, 0.2) is 0 Å². The molecular weight excluding hydrogens is 950 g/mol. The minimum atomic E-state index is -5.96. The molecule has 4 heteroatoms. The van der Waals surface area contributed by atoms with Gasteiger partial charge in [0.2, 0.25) is 0 Å². The quantitative estimate of drug-likeness (QED) is 0.140. The maximum absolute atomic E-state index is 9.50. The van der Waals surface area contributed by atoms with Gasteiger partial charge >= 0.3 is 373 Å². The molecule has 1 aliphatic heterocycles. The molecule has 0 amide bonds. The first-order valence-electron chi connectivity index (χ1n) is 22.1. The van der Waals surface area contributed by atoms with E-state index in [9.17, 15) is 17.2 Å². The summed E-state index contributed by atoms with van der Waals surface area (Å²) < 4.78 is 0.991. The number of rotatable bonds is 7. The van der Waals surface area contributed by atoms with E-state index in [1.165, 1.54) is 91.6 Å². The van der Waals surface area contributed by atoms with E-state index < -0.39 is 25.7 Å². The summed E-state index contributed by atoms with van der Waals surface area (Å²) in [7, 11) is 18.1. The molecule has 6 aromatic rings. The van der Waals surface area contributed by atoms with Crippen LogP contribution >= 0.6 is 17.2 Å². The zero-order valence-electron chi connectivity index (χ0n) is 37.1. The second kappa shape index (κ2) is 14.8. The number of benzene rings is 6. The number of allylic oxidation sites excluding steroid dienone is 2. The summed E-state index contributed by atoms with van der Waals surface area (Å²) in [4.78, 5) is 0. The molecule has 0 spiro atoms. The van der Waals surface area contributed by atoms with E-state index in [1.807, 2.05) is 0 Å². The van der Waals surface area contributed by atoms with Gasteiger partial charge in [-0.1, -0.05) is 0 Å². The van der Waals surface area contributed by atoms with E-state index in [4.69, 9.17) is 0 Å². The molecular formula is C56H59Cl2HfSi. The average molecular weight is 1010 g/mol. The van der Waals surface area contributed by atoms with Crippen LogP contribution in [0.1, 0.15) is 122 Å². The second-order valence-corrected chi connectivity index (χ2v) is 51.6. The zero-order valence-corrected chi connectivity index (χ0v) is 43.6. The molecule has 9 rings (SSSR count). The van der Waals surface area contributed by atoms with Crippen LogP contribution in [0.4, 0.5) is 0 Å². The Kier molecular flexibility index (Phi) is 10.3. The van der Waals surface area contributed by atoms with E-state index in [2.05, 4.69) is 209 Å². The Hall–Kier alpha value is -3.53. The van der Waals surface area contributed by atoms with Crippen LogP contribution in [0.3, 0.4) is 0 Å². The topological polar surface area (TPSA) is 0 Å². The van der Waals surface area contributed by atoms with Crippen molar-refractivity contribution in [2.24, 2.45) is 10.8 Å². The van der Waals surface area contributed by atoms with Gasteiger partial charge in [-0.2, -0.15) is 0 Å². The normalized spacial score (nSPS) is 18.2. The van der Waals surface area contributed by atoms with Crippen LogP contribution in [0, 0.1) is 10.8 Å². The van der Waals surface area contributed by atoms with Crippen molar-refractivity contribution in [3.8, 4) is 33.4 Å². The third-order valence-corrected chi connectivity index (χ3v) is 45.3. The molecule has 60 heavy (non-hydrogen) atoms. The molecule has 1 heterocycles. The van der Waals surface area contributed by atoms with Gasteiger partial charge in [-0.3, -0.25) is 0 Å². The summed E-state index contributed by atoms with van der Waals surface area (Å²) in [5.74, 6) is 0.768. The van der Waals surface area contributed by atoms with Crippen molar-refractivity contribution in [1.29, 1.82) is 0 Å². The summed E-state index contributed by atoms with van der Waals surface area (Å²) in [5, 5.41) is 2.95. The molecule has 2 atom stereocenters.